The average molecular weight is 865 g/mol. The fourth-order valence-corrected chi connectivity index (χ4v) is 13.7. The van der Waals surface area contributed by atoms with Crippen molar-refractivity contribution in [3.8, 4) is 0 Å². The van der Waals surface area contributed by atoms with Crippen LogP contribution < -0.4 is 0 Å². The van der Waals surface area contributed by atoms with Crippen LogP contribution in [0.4, 0.5) is 4.79 Å². The molecule has 340 valence electrons. The van der Waals surface area contributed by atoms with Crippen LogP contribution in [0, 0.1) is 56.7 Å². The lowest BCUT2D eigenvalue weighted by atomic mass is 9.34. The predicted molar refractivity (Wildman–Crippen MR) is 242 cm³/mol. The summed E-state index contributed by atoms with van der Waals surface area (Å²) < 4.78 is 17.9. The molecular formula is C52H78ClNO7. The third kappa shape index (κ3) is 9.10. The molecule has 61 heavy (non-hydrogen) atoms. The molecule has 1 aromatic carbocycles. The highest BCUT2D eigenvalue weighted by molar-refractivity contribution is 6.30. The van der Waals surface area contributed by atoms with Crippen molar-refractivity contribution in [1.82, 2.24) is 4.90 Å². The van der Waals surface area contributed by atoms with Crippen LogP contribution in [0.15, 0.2) is 35.4 Å². The highest BCUT2D eigenvalue weighted by Gasteiger charge is 2.69. The molecule has 4 fully saturated rings. The minimum atomic E-state index is -0.973. The third-order valence-electron chi connectivity index (χ3n) is 16.7. The molecule has 1 amide bonds. The molecule has 9 heteroatoms. The van der Waals surface area contributed by atoms with E-state index in [9.17, 15) is 19.2 Å². The second-order valence-corrected chi connectivity index (χ2v) is 24.2. The number of carbonyl (C=O) groups excluding carboxylic acids is 4. The Hall–Kier alpha value is -2.87. The molecule has 0 saturated heterocycles. The lowest BCUT2D eigenvalue weighted by Gasteiger charge is -2.71. The molecule has 4 saturated carbocycles. The molecular weight excluding hydrogens is 786 g/mol. The summed E-state index contributed by atoms with van der Waals surface area (Å²) in [5, 5.41) is 0.656. The topological polar surface area (TPSA) is 99.2 Å². The van der Waals surface area contributed by atoms with E-state index >= 15 is 0 Å². The first-order valence-corrected chi connectivity index (χ1v) is 23.9. The van der Waals surface area contributed by atoms with Gasteiger partial charge in [-0.05, 0) is 182 Å². The average Bonchev–Trinajstić information content (AvgIpc) is 3.43. The van der Waals surface area contributed by atoms with Gasteiger partial charge in [-0.25, -0.2) is 4.79 Å². The number of allylic oxidation sites excluding steroid dienone is 2. The molecule has 9 atom stereocenters. The van der Waals surface area contributed by atoms with Crippen LogP contribution in [0.25, 0.3) is 0 Å². The fourth-order valence-electron chi connectivity index (χ4n) is 13.6. The van der Waals surface area contributed by atoms with Gasteiger partial charge in [-0.2, -0.15) is 0 Å². The number of amides is 1. The van der Waals surface area contributed by atoms with Crippen molar-refractivity contribution in [1.29, 1.82) is 0 Å². The number of halogens is 1. The van der Waals surface area contributed by atoms with Gasteiger partial charge in [-0.3, -0.25) is 14.4 Å². The van der Waals surface area contributed by atoms with Crippen molar-refractivity contribution in [2.45, 2.75) is 191 Å². The lowest BCUT2D eigenvalue weighted by molar-refractivity contribution is -0.216. The van der Waals surface area contributed by atoms with Gasteiger partial charge in [-0.15, -0.1) is 0 Å². The zero-order valence-electron chi connectivity index (χ0n) is 40.1. The molecule has 0 aromatic heterocycles. The van der Waals surface area contributed by atoms with E-state index in [0.717, 1.165) is 68.9 Å². The van der Waals surface area contributed by atoms with Gasteiger partial charge in [0.05, 0.1) is 11.8 Å². The van der Waals surface area contributed by atoms with E-state index in [1.165, 1.54) is 5.57 Å². The van der Waals surface area contributed by atoms with Crippen molar-refractivity contribution in [2.24, 2.45) is 56.7 Å². The van der Waals surface area contributed by atoms with Gasteiger partial charge < -0.3 is 19.1 Å². The molecule has 0 heterocycles. The highest BCUT2D eigenvalue weighted by atomic mass is 35.5. The van der Waals surface area contributed by atoms with E-state index in [-0.39, 0.29) is 64.1 Å². The van der Waals surface area contributed by atoms with Crippen molar-refractivity contribution in [2.75, 3.05) is 6.54 Å². The second-order valence-electron chi connectivity index (χ2n) is 23.8. The van der Waals surface area contributed by atoms with E-state index in [4.69, 9.17) is 25.8 Å². The van der Waals surface area contributed by atoms with Gasteiger partial charge in [0.1, 0.15) is 17.3 Å². The molecule has 5 aliphatic carbocycles. The zero-order valence-corrected chi connectivity index (χ0v) is 40.9. The van der Waals surface area contributed by atoms with Gasteiger partial charge in [0.15, 0.2) is 5.78 Å². The third-order valence-corrected chi connectivity index (χ3v) is 17.0. The maximum Gasteiger partial charge on any atom is 0.410 e. The summed E-state index contributed by atoms with van der Waals surface area (Å²) in [6.07, 6.45) is 8.95. The summed E-state index contributed by atoms with van der Waals surface area (Å²) in [6, 6.07) is 7.66. The van der Waals surface area contributed by atoms with Crippen LogP contribution in [0.2, 0.25) is 5.02 Å². The summed E-state index contributed by atoms with van der Waals surface area (Å²) in [5.41, 5.74) is 1.15. The Kier molecular flexibility index (Phi) is 13.0. The minimum absolute atomic E-state index is 0.00684. The molecule has 0 unspecified atom stereocenters. The molecule has 0 radical (unpaired) electrons. The standard InChI is InChI=1S/C52H78ClNO7/c1-32(2)42-38(55)29-52(27-28-54(45(58)61-47(7,8)9)31-34-15-17-35(53)18-16-34)26-25-50(13)37(43(42)52)19-20-40-49(12)23-22-39(33(3)36(49)21-24-51(40,50)14)59-41(56)30-48(10,11)44(57)60-46(4,5)6/h15-18,32-33,36-37,39-40H,19-31H2,1-14H3/t33-,36+,37-,39+,40-,49+,50-,51-,52-/m1/s1. The van der Waals surface area contributed by atoms with Crippen LogP contribution in [0.1, 0.15) is 173 Å². The maximum atomic E-state index is 14.3. The monoisotopic (exact) mass is 864 g/mol. The van der Waals surface area contributed by atoms with Gasteiger partial charge in [0.2, 0.25) is 0 Å². The Balaban J connectivity index is 1.23. The fraction of sp³-hybridized carbons (Fsp3) is 0.769. The van der Waals surface area contributed by atoms with Crippen LogP contribution in [-0.2, 0) is 35.1 Å². The van der Waals surface area contributed by atoms with E-state index in [1.54, 1.807) is 13.8 Å². The van der Waals surface area contributed by atoms with Crippen molar-refractivity contribution in [3.05, 3.63) is 46.0 Å². The molecule has 8 nitrogen and oxygen atoms in total. The molecule has 0 aliphatic heterocycles. The highest BCUT2D eigenvalue weighted by Crippen LogP contribution is 2.76. The van der Waals surface area contributed by atoms with E-state index in [0.29, 0.717) is 48.1 Å². The number of ether oxygens (including phenoxy) is 3. The first-order valence-electron chi connectivity index (χ1n) is 23.5. The molecule has 0 spiro atoms. The molecule has 0 bridgehead atoms. The Morgan fingerprint density at radius 3 is 2.08 bits per heavy atom. The summed E-state index contributed by atoms with van der Waals surface area (Å²) in [5.74, 6) is 1.19. The Morgan fingerprint density at radius 1 is 0.836 bits per heavy atom. The number of carbonyl (C=O) groups is 4. The SMILES string of the molecule is CC(C)C1=C2[C@H]3CC[C@@H]4[C@@]5(C)CC[C@H](OC(=O)CC(C)(C)C(=O)OC(C)(C)C)[C@H](C)[C@@H]5CC[C@@]4(C)[C@]3(C)CC[C@@]2(CCN(Cc2ccc(Cl)cc2)C(=O)OC(C)(C)C)CC1=O. The molecule has 6 rings (SSSR count). The Labute approximate surface area is 373 Å². The normalized spacial score (nSPS) is 33.9. The quantitative estimate of drug-likeness (QED) is 0.171. The number of fused-ring (bicyclic) bond motifs is 7. The number of benzene rings is 1. The zero-order chi connectivity index (χ0) is 45.3. The maximum absolute atomic E-state index is 14.3. The van der Waals surface area contributed by atoms with Gasteiger partial charge >= 0.3 is 18.0 Å². The number of Topliss-reactive ketones (excluding diaryl/α,β-unsaturated/α-hetero) is 1. The molecule has 1 aromatic rings. The first-order chi connectivity index (χ1) is 28.1. The number of nitrogens with zero attached hydrogens (tertiary/aromatic N) is 1. The number of ketones is 1. The number of hydrogen-bond acceptors (Lipinski definition) is 7. The number of hydrogen-bond donors (Lipinski definition) is 0. The lowest BCUT2D eigenvalue weighted by Crippen LogP contribution is -2.64. The van der Waals surface area contributed by atoms with Crippen LogP contribution >= 0.6 is 11.6 Å². The summed E-state index contributed by atoms with van der Waals surface area (Å²) in [7, 11) is 0. The van der Waals surface area contributed by atoms with Gasteiger partial charge in [0, 0.05) is 29.9 Å². The molecule has 0 N–H and O–H groups in total. The minimum Gasteiger partial charge on any atom is -0.462 e. The molecule has 5 aliphatic rings. The Bertz CT molecular complexity index is 1890. The van der Waals surface area contributed by atoms with E-state index < -0.39 is 16.6 Å². The van der Waals surface area contributed by atoms with Gasteiger partial charge in [-0.1, -0.05) is 70.8 Å². The Morgan fingerprint density at radius 2 is 1.48 bits per heavy atom. The second kappa shape index (κ2) is 16.6. The number of esters is 2. The van der Waals surface area contributed by atoms with Crippen LogP contribution in [-0.4, -0.2) is 52.6 Å². The van der Waals surface area contributed by atoms with Crippen LogP contribution in [0.3, 0.4) is 0 Å². The van der Waals surface area contributed by atoms with Crippen LogP contribution in [0.5, 0.6) is 0 Å². The van der Waals surface area contributed by atoms with E-state index in [2.05, 4.69) is 41.5 Å². The van der Waals surface area contributed by atoms with Crippen molar-refractivity contribution < 1.29 is 33.4 Å². The summed E-state index contributed by atoms with van der Waals surface area (Å²) in [6.45, 7) is 30.1. The summed E-state index contributed by atoms with van der Waals surface area (Å²) >= 11 is 6.23. The summed E-state index contributed by atoms with van der Waals surface area (Å²) in [4.78, 5) is 56.4. The largest absolute Gasteiger partial charge is 0.462 e. The smallest absolute Gasteiger partial charge is 0.410 e. The van der Waals surface area contributed by atoms with Gasteiger partial charge in [0.25, 0.3) is 0 Å². The van der Waals surface area contributed by atoms with Crippen molar-refractivity contribution >= 4 is 35.4 Å². The number of rotatable bonds is 10. The van der Waals surface area contributed by atoms with Crippen molar-refractivity contribution in [3.63, 3.8) is 0 Å². The first kappa shape index (κ1) is 47.6. The van der Waals surface area contributed by atoms with E-state index in [1.807, 2.05) is 70.7 Å². The predicted octanol–water partition coefficient (Wildman–Crippen LogP) is 12.7.